The first-order valence-corrected chi connectivity index (χ1v) is 6.77. The molecule has 1 aromatic heterocycles. The molecule has 2 rings (SSSR count). The number of hydrogen-bond acceptors (Lipinski definition) is 2. The van der Waals surface area contributed by atoms with E-state index in [-0.39, 0.29) is 0 Å². The van der Waals surface area contributed by atoms with Crippen LogP contribution in [0.25, 0.3) is 0 Å². The zero-order chi connectivity index (χ0) is 12.3. The highest BCUT2D eigenvalue weighted by molar-refractivity contribution is 9.10. The van der Waals surface area contributed by atoms with E-state index in [1.54, 1.807) is 12.4 Å². The Morgan fingerprint density at radius 1 is 1.12 bits per heavy atom. The van der Waals surface area contributed by atoms with Gasteiger partial charge in [-0.25, -0.2) is 0 Å². The van der Waals surface area contributed by atoms with E-state index in [1.165, 1.54) is 0 Å². The molecule has 0 radical (unpaired) electrons. The zero-order valence-corrected chi connectivity index (χ0v) is 12.1. The molecule has 1 N–H and O–H groups in total. The predicted molar refractivity (Wildman–Crippen MR) is 74.7 cm³/mol. The quantitative estimate of drug-likeness (QED) is 0.905. The highest BCUT2D eigenvalue weighted by Gasteiger charge is 2.09. The van der Waals surface area contributed by atoms with Crippen molar-refractivity contribution in [3.63, 3.8) is 0 Å². The summed E-state index contributed by atoms with van der Waals surface area (Å²) in [5, 5.41) is 10.1. The number of rotatable bonds is 3. The molecule has 1 unspecified atom stereocenters. The minimum atomic E-state index is -0.533. The Bertz CT molecular complexity index is 516. The van der Waals surface area contributed by atoms with E-state index in [9.17, 15) is 5.11 Å². The van der Waals surface area contributed by atoms with Crippen molar-refractivity contribution in [2.45, 2.75) is 12.5 Å². The molecule has 0 amide bonds. The van der Waals surface area contributed by atoms with E-state index in [0.717, 1.165) is 20.1 Å². The fraction of sp³-hybridized carbons (Fsp3) is 0.154. The first-order chi connectivity index (χ1) is 8.15. The fourth-order valence-electron chi connectivity index (χ4n) is 1.62. The first-order valence-electron chi connectivity index (χ1n) is 5.18. The summed E-state index contributed by atoms with van der Waals surface area (Å²) < 4.78 is 1.90. The number of benzene rings is 1. The van der Waals surface area contributed by atoms with Crippen LogP contribution in [0.2, 0.25) is 0 Å². The lowest BCUT2D eigenvalue weighted by atomic mass is 10.0. The Balaban J connectivity index is 2.14. The van der Waals surface area contributed by atoms with Crippen molar-refractivity contribution in [2.75, 3.05) is 0 Å². The van der Waals surface area contributed by atoms with Gasteiger partial charge < -0.3 is 5.11 Å². The van der Waals surface area contributed by atoms with Crippen LogP contribution in [0.15, 0.2) is 51.7 Å². The zero-order valence-electron chi connectivity index (χ0n) is 8.98. The van der Waals surface area contributed by atoms with Gasteiger partial charge >= 0.3 is 0 Å². The third-order valence-corrected chi connectivity index (χ3v) is 3.36. The van der Waals surface area contributed by atoms with Gasteiger partial charge in [-0.3, -0.25) is 4.98 Å². The van der Waals surface area contributed by atoms with Crippen molar-refractivity contribution in [3.8, 4) is 0 Å². The van der Waals surface area contributed by atoms with Crippen LogP contribution in [0.5, 0.6) is 0 Å². The molecular weight excluding hydrogens is 346 g/mol. The van der Waals surface area contributed by atoms with Gasteiger partial charge in [0.15, 0.2) is 0 Å². The lowest BCUT2D eigenvalue weighted by Gasteiger charge is -2.11. The highest BCUT2D eigenvalue weighted by Crippen LogP contribution is 2.22. The second-order valence-corrected chi connectivity index (χ2v) is 5.62. The van der Waals surface area contributed by atoms with Crippen LogP contribution in [-0.2, 0) is 6.42 Å². The van der Waals surface area contributed by atoms with E-state index in [2.05, 4.69) is 36.8 Å². The Morgan fingerprint density at radius 2 is 1.94 bits per heavy atom. The number of pyridine rings is 1. The summed E-state index contributed by atoms with van der Waals surface area (Å²) in [7, 11) is 0. The number of halogens is 2. The topological polar surface area (TPSA) is 33.1 Å². The SMILES string of the molecule is OC(Cc1cccc(Br)c1)c1cncc(Br)c1. The number of aliphatic hydroxyl groups is 1. The number of nitrogens with zero attached hydrogens (tertiary/aromatic N) is 1. The van der Waals surface area contributed by atoms with Crippen LogP contribution in [0.3, 0.4) is 0 Å². The Morgan fingerprint density at radius 3 is 2.65 bits per heavy atom. The highest BCUT2D eigenvalue weighted by atomic mass is 79.9. The van der Waals surface area contributed by atoms with Crippen molar-refractivity contribution in [3.05, 3.63) is 62.8 Å². The van der Waals surface area contributed by atoms with Gasteiger partial charge in [0.2, 0.25) is 0 Å². The molecule has 4 heteroatoms. The summed E-state index contributed by atoms with van der Waals surface area (Å²) in [6, 6.07) is 9.82. The van der Waals surface area contributed by atoms with Crippen LogP contribution >= 0.6 is 31.9 Å². The molecule has 2 aromatic rings. The molecule has 0 spiro atoms. The van der Waals surface area contributed by atoms with Crippen LogP contribution < -0.4 is 0 Å². The summed E-state index contributed by atoms with van der Waals surface area (Å²) >= 11 is 6.76. The van der Waals surface area contributed by atoms with Crippen LogP contribution in [0.4, 0.5) is 0 Å². The van der Waals surface area contributed by atoms with Gasteiger partial charge in [-0.15, -0.1) is 0 Å². The maximum atomic E-state index is 10.1. The van der Waals surface area contributed by atoms with Crippen molar-refractivity contribution >= 4 is 31.9 Å². The number of hydrogen-bond donors (Lipinski definition) is 1. The van der Waals surface area contributed by atoms with Gasteiger partial charge in [0, 0.05) is 33.3 Å². The minimum absolute atomic E-state index is 0.533. The van der Waals surface area contributed by atoms with E-state index >= 15 is 0 Å². The van der Waals surface area contributed by atoms with Crippen molar-refractivity contribution in [1.29, 1.82) is 0 Å². The summed E-state index contributed by atoms with van der Waals surface area (Å²) in [4.78, 5) is 4.05. The third kappa shape index (κ3) is 3.63. The molecule has 0 saturated heterocycles. The summed E-state index contributed by atoms with van der Waals surface area (Å²) in [6.07, 6.45) is 3.44. The molecule has 0 aliphatic heterocycles. The maximum Gasteiger partial charge on any atom is 0.0845 e. The molecule has 1 heterocycles. The molecular formula is C13H11Br2NO. The second-order valence-electron chi connectivity index (χ2n) is 3.79. The van der Waals surface area contributed by atoms with Gasteiger partial charge in [-0.2, -0.15) is 0 Å². The van der Waals surface area contributed by atoms with Crippen molar-refractivity contribution in [2.24, 2.45) is 0 Å². The van der Waals surface area contributed by atoms with Crippen LogP contribution in [0.1, 0.15) is 17.2 Å². The van der Waals surface area contributed by atoms with Gasteiger partial charge in [0.25, 0.3) is 0 Å². The normalized spacial score (nSPS) is 12.4. The molecule has 0 bridgehead atoms. The Labute approximate surface area is 117 Å². The smallest absolute Gasteiger partial charge is 0.0845 e. The molecule has 0 saturated carbocycles. The molecule has 0 fully saturated rings. The molecule has 0 aliphatic carbocycles. The average Bonchev–Trinajstić information content (AvgIpc) is 2.29. The molecule has 1 aromatic carbocycles. The van der Waals surface area contributed by atoms with E-state index in [0.29, 0.717) is 6.42 Å². The summed E-state index contributed by atoms with van der Waals surface area (Å²) in [5.41, 5.74) is 1.91. The molecule has 88 valence electrons. The van der Waals surface area contributed by atoms with Gasteiger partial charge in [-0.05, 0) is 39.7 Å². The lowest BCUT2D eigenvalue weighted by Crippen LogP contribution is -2.02. The monoisotopic (exact) mass is 355 g/mol. The molecule has 17 heavy (non-hydrogen) atoms. The Hall–Kier alpha value is -0.710. The second kappa shape index (κ2) is 5.76. The third-order valence-electron chi connectivity index (χ3n) is 2.43. The summed E-state index contributed by atoms with van der Waals surface area (Å²) in [6.45, 7) is 0. The van der Waals surface area contributed by atoms with E-state index in [1.807, 2.05) is 30.3 Å². The standard InChI is InChI=1S/C13H11Br2NO/c14-11-3-1-2-9(4-11)5-13(17)10-6-12(15)8-16-7-10/h1-4,6-8,13,17H,5H2. The summed E-state index contributed by atoms with van der Waals surface area (Å²) in [5.74, 6) is 0. The number of aromatic nitrogens is 1. The Kier molecular flexibility index (Phi) is 4.31. The lowest BCUT2D eigenvalue weighted by molar-refractivity contribution is 0.178. The first kappa shape index (κ1) is 12.7. The molecule has 0 aliphatic rings. The molecule has 2 nitrogen and oxygen atoms in total. The molecule has 1 atom stereocenters. The van der Waals surface area contributed by atoms with Crippen LogP contribution in [0, 0.1) is 0 Å². The van der Waals surface area contributed by atoms with E-state index in [4.69, 9.17) is 0 Å². The van der Waals surface area contributed by atoms with E-state index < -0.39 is 6.10 Å². The fourth-order valence-corrected chi connectivity index (χ4v) is 2.44. The van der Waals surface area contributed by atoms with Crippen LogP contribution in [-0.4, -0.2) is 10.1 Å². The van der Waals surface area contributed by atoms with Crippen molar-refractivity contribution < 1.29 is 5.11 Å². The van der Waals surface area contributed by atoms with Gasteiger partial charge in [0.1, 0.15) is 0 Å². The van der Waals surface area contributed by atoms with Gasteiger partial charge in [-0.1, -0.05) is 28.1 Å². The maximum absolute atomic E-state index is 10.1. The minimum Gasteiger partial charge on any atom is -0.388 e. The van der Waals surface area contributed by atoms with Gasteiger partial charge in [0.05, 0.1) is 6.10 Å². The average molecular weight is 357 g/mol. The predicted octanol–water partition coefficient (Wildman–Crippen LogP) is 3.88. The van der Waals surface area contributed by atoms with Crippen molar-refractivity contribution in [1.82, 2.24) is 4.98 Å². The number of aliphatic hydroxyl groups excluding tert-OH is 1. The largest absolute Gasteiger partial charge is 0.388 e.